The van der Waals surface area contributed by atoms with E-state index >= 15 is 0 Å². The number of halogens is 1. The molecule has 1 amide bonds. The van der Waals surface area contributed by atoms with E-state index in [4.69, 9.17) is 22.6 Å². The van der Waals surface area contributed by atoms with Crippen LogP contribution in [-0.2, 0) is 4.79 Å². The third kappa shape index (κ3) is 4.21. The zero-order valence-electron chi connectivity index (χ0n) is 13.5. The van der Waals surface area contributed by atoms with E-state index in [1.54, 1.807) is 25.1 Å². The van der Waals surface area contributed by atoms with Gasteiger partial charge in [0.2, 0.25) is 5.91 Å². The number of nitrogen functional groups attached to an aromatic ring is 1. The first kappa shape index (κ1) is 18.6. The lowest BCUT2D eigenvalue weighted by Gasteiger charge is -2.14. The van der Waals surface area contributed by atoms with Crippen molar-refractivity contribution in [2.45, 2.75) is 24.1 Å². The Kier molecular flexibility index (Phi) is 5.87. The Morgan fingerprint density at radius 1 is 1.36 bits per heavy atom. The van der Waals surface area contributed by atoms with Crippen molar-refractivity contribution in [2.24, 2.45) is 0 Å². The van der Waals surface area contributed by atoms with Gasteiger partial charge in [0.05, 0.1) is 16.4 Å². The minimum Gasteiger partial charge on any atom is -0.383 e. The van der Waals surface area contributed by atoms with Crippen LogP contribution in [0.4, 0.5) is 11.5 Å². The highest BCUT2D eigenvalue weighted by Crippen LogP contribution is 2.29. The van der Waals surface area contributed by atoms with Gasteiger partial charge in [-0.1, -0.05) is 29.4 Å². The van der Waals surface area contributed by atoms with Crippen LogP contribution in [0.15, 0.2) is 29.3 Å². The Labute approximate surface area is 154 Å². The molecule has 8 heteroatoms. The van der Waals surface area contributed by atoms with Crippen molar-refractivity contribution >= 4 is 40.8 Å². The van der Waals surface area contributed by atoms with Crippen molar-refractivity contribution < 1.29 is 4.79 Å². The summed E-state index contributed by atoms with van der Waals surface area (Å²) in [7, 11) is 0. The van der Waals surface area contributed by atoms with Gasteiger partial charge in [0, 0.05) is 10.7 Å². The van der Waals surface area contributed by atoms with Crippen LogP contribution in [0.2, 0.25) is 5.02 Å². The summed E-state index contributed by atoms with van der Waals surface area (Å²) in [6.07, 6.45) is 0. The van der Waals surface area contributed by atoms with E-state index in [9.17, 15) is 10.1 Å². The molecule has 3 N–H and O–H groups in total. The van der Waals surface area contributed by atoms with Gasteiger partial charge in [-0.25, -0.2) is 4.98 Å². The number of carbonyl (C=O) groups is 1. The monoisotopic (exact) mass is 371 g/mol. The quantitative estimate of drug-likeness (QED) is 0.794. The van der Waals surface area contributed by atoms with E-state index in [-0.39, 0.29) is 22.9 Å². The van der Waals surface area contributed by atoms with Crippen LogP contribution in [0.5, 0.6) is 0 Å². The summed E-state index contributed by atoms with van der Waals surface area (Å²) >= 11 is 7.15. The number of nitriles is 2. The number of rotatable bonds is 4. The highest BCUT2D eigenvalue weighted by Gasteiger charge is 2.20. The van der Waals surface area contributed by atoms with Gasteiger partial charge in [0.15, 0.2) is 0 Å². The molecule has 0 fully saturated rings. The number of pyridine rings is 1. The number of hydrogen-bond acceptors (Lipinski definition) is 6. The summed E-state index contributed by atoms with van der Waals surface area (Å²) in [6.45, 7) is 3.50. The molecule has 1 aromatic heterocycles. The molecule has 2 aromatic rings. The Morgan fingerprint density at radius 2 is 2.04 bits per heavy atom. The van der Waals surface area contributed by atoms with Crippen LogP contribution in [0.1, 0.15) is 23.6 Å². The van der Waals surface area contributed by atoms with Gasteiger partial charge >= 0.3 is 0 Å². The molecule has 0 bridgehead atoms. The summed E-state index contributed by atoms with van der Waals surface area (Å²) in [5.41, 5.74) is 7.43. The molecule has 0 radical (unpaired) electrons. The molecule has 0 saturated heterocycles. The van der Waals surface area contributed by atoms with E-state index in [1.807, 2.05) is 19.1 Å². The molecule has 0 aliphatic rings. The van der Waals surface area contributed by atoms with E-state index in [0.29, 0.717) is 15.7 Å². The maximum absolute atomic E-state index is 12.4. The van der Waals surface area contributed by atoms with Gasteiger partial charge in [-0.3, -0.25) is 4.79 Å². The maximum atomic E-state index is 12.4. The molecule has 0 aliphatic carbocycles. The first-order valence-electron chi connectivity index (χ1n) is 7.20. The fourth-order valence-corrected chi connectivity index (χ4v) is 3.03. The largest absolute Gasteiger partial charge is 0.383 e. The average molecular weight is 372 g/mol. The lowest BCUT2D eigenvalue weighted by Crippen LogP contribution is -2.23. The third-order valence-corrected chi connectivity index (χ3v) is 4.95. The summed E-state index contributed by atoms with van der Waals surface area (Å²) in [4.78, 5) is 16.5. The molecule has 1 aromatic carbocycles. The van der Waals surface area contributed by atoms with E-state index in [0.717, 1.165) is 17.3 Å². The Morgan fingerprint density at radius 3 is 2.68 bits per heavy atom. The summed E-state index contributed by atoms with van der Waals surface area (Å²) in [6, 6.07) is 10.5. The fourth-order valence-electron chi connectivity index (χ4n) is 1.97. The molecule has 6 nitrogen and oxygen atoms in total. The average Bonchev–Trinajstić information content (AvgIpc) is 2.59. The van der Waals surface area contributed by atoms with Gasteiger partial charge in [-0.05, 0) is 37.6 Å². The van der Waals surface area contributed by atoms with Crippen molar-refractivity contribution in [3.63, 3.8) is 0 Å². The molecule has 126 valence electrons. The lowest BCUT2D eigenvalue weighted by molar-refractivity contribution is -0.115. The highest BCUT2D eigenvalue weighted by atomic mass is 35.5. The number of hydrogen-bond donors (Lipinski definition) is 2. The van der Waals surface area contributed by atoms with Crippen molar-refractivity contribution in [3.8, 4) is 12.1 Å². The van der Waals surface area contributed by atoms with E-state index < -0.39 is 5.25 Å². The number of nitrogens with one attached hydrogen (secondary N) is 1. The summed E-state index contributed by atoms with van der Waals surface area (Å²) < 4.78 is 0. The first-order valence-corrected chi connectivity index (χ1v) is 8.46. The first-order chi connectivity index (χ1) is 11.9. The zero-order chi connectivity index (χ0) is 18.6. The van der Waals surface area contributed by atoms with Crippen molar-refractivity contribution in [3.05, 3.63) is 46.0 Å². The van der Waals surface area contributed by atoms with Gasteiger partial charge in [0.1, 0.15) is 23.0 Å². The van der Waals surface area contributed by atoms with Crippen LogP contribution in [0.25, 0.3) is 0 Å². The van der Waals surface area contributed by atoms with Crippen LogP contribution >= 0.6 is 23.4 Å². The second-order valence-corrected chi connectivity index (χ2v) is 6.90. The van der Waals surface area contributed by atoms with Crippen molar-refractivity contribution in [1.29, 1.82) is 10.5 Å². The molecule has 2 rings (SSSR count). The molecule has 1 atom stereocenters. The van der Waals surface area contributed by atoms with Crippen LogP contribution in [0.3, 0.4) is 0 Å². The fraction of sp³-hybridized carbons (Fsp3) is 0.176. The number of nitrogens with zero attached hydrogens (tertiary/aromatic N) is 3. The van der Waals surface area contributed by atoms with Gasteiger partial charge in [0.25, 0.3) is 0 Å². The predicted molar refractivity (Wildman–Crippen MR) is 98.2 cm³/mol. The van der Waals surface area contributed by atoms with E-state index in [2.05, 4.69) is 10.3 Å². The Bertz CT molecular complexity index is 916. The molecule has 0 aliphatic heterocycles. The Hall–Kier alpha value is -2.74. The summed E-state index contributed by atoms with van der Waals surface area (Å²) in [5, 5.41) is 21.3. The molecule has 0 unspecified atom stereocenters. The predicted octanol–water partition coefficient (Wildman–Crippen LogP) is 3.49. The molecule has 0 spiro atoms. The standard InChI is InChI=1S/C17H14ClN5OS/c1-9-13(18)4-3-5-14(9)22-16(24)10(2)25-17-12(8-20)6-11(7-19)15(21)23-17/h3-6,10H,1-2H3,(H2,21,23)(H,22,24)/t10-/m1/s1. The molecule has 1 heterocycles. The zero-order valence-corrected chi connectivity index (χ0v) is 15.1. The van der Waals surface area contributed by atoms with E-state index in [1.165, 1.54) is 6.07 Å². The molecule has 0 saturated carbocycles. The topological polar surface area (TPSA) is 116 Å². The smallest absolute Gasteiger partial charge is 0.237 e. The number of anilines is 2. The normalized spacial score (nSPS) is 11.2. The minimum absolute atomic E-state index is 0.0299. The second-order valence-electron chi connectivity index (χ2n) is 5.16. The summed E-state index contributed by atoms with van der Waals surface area (Å²) in [5.74, 6) is -0.230. The van der Waals surface area contributed by atoms with Crippen LogP contribution in [0, 0.1) is 29.6 Å². The number of benzene rings is 1. The number of thioether (sulfide) groups is 1. The van der Waals surface area contributed by atoms with Gasteiger partial charge in [-0.2, -0.15) is 10.5 Å². The molecule has 25 heavy (non-hydrogen) atoms. The highest BCUT2D eigenvalue weighted by molar-refractivity contribution is 8.00. The SMILES string of the molecule is Cc1c(Cl)cccc1NC(=O)[C@@H](C)Sc1nc(N)c(C#N)cc1C#N. The van der Waals surface area contributed by atoms with Crippen LogP contribution < -0.4 is 11.1 Å². The lowest BCUT2D eigenvalue weighted by atomic mass is 10.2. The van der Waals surface area contributed by atoms with Crippen molar-refractivity contribution in [1.82, 2.24) is 4.98 Å². The number of amides is 1. The third-order valence-electron chi connectivity index (χ3n) is 3.44. The maximum Gasteiger partial charge on any atom is 0.237 e. The van der Waals surface area contributed by atoms with Gasteiger partial charge in [-0.15, -0.1) is 0 Å². The number of aromatic nitrogens is 1. The van der Waals surface area contributed by atoms with Gasteiger partial charge < -0.3 is 11.1 Å². The van der Waals surface area contributed by atoms with Crippen LogP contribution in [-0.4, -0.2) is 16.1 Å². The Balaban J connectivity index is 2.19. The minimum atomic E-state index is -0.537. The molecular formula is C17H14ClN5OS. The number of nitrogens with two attached hydrogens (primary N) is 1. The second kappa shape index (κ2) is 7.89. The molecular weight excluding hydrogens is 358 g/mol. The number of carbonyl (C=O) groups excluding carboxylic acids is 1. The van der Waals surface area contributed by atoms with Crippen molar-refractivity contribution in [2.75, 3.05) is 11.1 Å².